The molecule has 3 fully saturated rings. The van der Waals surface area contributed by atoms with Gasteiger partial charge >= 0.3 is 0 Å². The lowest BCUT2D eigenvalue weighted by molar-refractivity contribution is 0.0530. The summed E-state index contributed by atoms with van der Waals surface area (Å²) < 4.78 is 7.76. The molecule has 1 aromatic rings. The van der Waals surface area contributed by atoms with Crippen molar-refractivity contribution in [3.05, 3.63) is 18.0 Å². The third-order valence-electron chi connectivity index (χ3n) is 6.32. The molecule has 138 valence electrons. The van der Waals surface area contributed by atoms with Crippen molar-refractivity contribution in [1.29, 1.82) is 0 Å². The molecule has 4 rings (SSSR count). The molecule has 3 aliphatic rings. The fourth-order valence-electron chi connectivity index (χ4n) is 4.52. The van der Waals surface area contributed by atoms with Gasteiger partial charge in [-0.25, -0.2) is 0 Å². The number of aromatic nitrogens is 2. The van der Waals surface area contributed by atoms with Crippen LogP contribution in [0.1, 0.15) is 36.5 Å². The molecule has 1 saturated carbocycles. The molecule has 1 aliphatic carbocycles. The molecule has 25 heavy (non-hydrogen) atoms. The van der Waals surface area contributed by atoms with Crippen LogP contribution in [-0.2, 0) is 11.8 Å². The van der Waals surface area contributed by atoms with E-state index in [1.807, 2.05) is 18.1 Å². The quantitative estimate of drug-likeness (QED) is 0.786. The zero-order valence-corrected chi connectivity index (χ0v) is 15.5. The minimum absolute atomic E-state index is 0.123. The molecule has 6 heteroatoms. The number of ether oxygens (including phenoxy) is 1. The van der Waals surface area contributed by atoms with Crippen LogP contribution in [-0.4, -0.2) is 71.4 Å². The van der Waals surface area contributed by atoms with Gasteiger partial charge in [-0.1, -0.05) is 6.92 Å². The van der Waals surface area contributed by atoms with Gasteiger partial charge in [-0.3, -0.25) is 9.48 Å². The Kier molecular flexibility index (Phi) is 4.58. The van der Waals surface area contributed by atoms with Crippen LogP contribution in [0.15, 0.2) is 12.4 Å². The molecule has 2 aliphatic heterocycles. The standard InChI is InChI=1S/C19H30N4O2/c1-3-22-10-17(12-25-11-15-4-5-15)19(13-22)6-7-23(14-19)18(24)16-8-20-21(2)9-16/h8-9,15,17H,3-7,10-14H2,1-2H3/t17-,19+/m0/s1. The number of rotatable bonds is 6. The highest BCUT2D eigenvalue weighted by atomic mass is 16.5. The molecule has 2 saturated heterocycles. The molecule has 1 spiro atoms. The van der Waals surface area contributed by atoms with Gasteiger partial charge in [-0.15, -0.1) is 0 Å². The van der Waals surface area contributed by atoms with Gasteiger partial charge in [0.15, 0.2) is 0 Å². The monoisotopic (exact) mass is 346 g/mol. The summed E-state index contributed by atoms with van der Waals surface area (Å²) >= 11 is 0. The Bertz CT molecular complexity index is 627. The fraction of sp³-hybridized carbons (Fsp3) is 0.789. The van der Waals surface area contributed by atoms with Gasteiger partial charge in [-0.2, -0.15) is 5.10 Å². The smallest absolute Gasteiger partial charge is 0.257 e. The SMILES string of the molecule is CCN1C[C@@H](COCC2CC2)[C@]2(CCN(C(=O)c3cnn(C)c3)C2)C1. The molecule has 1 aromatic heterocycles. The number of carbonyl (C=O) groups is 1. The van der Waals surface area contributed by atoms with Crippen molar-refractivity contribution in [2.75, 3.05) is 45.9 Å². The number of hydrogen-bond donors (Lipinski definition) is 0. The fourth-order valence-corrected chi connectivity index (χ4v) is 4.52. The molecule has 1 amide bonds. The van der Waals surface area contributed by atoms with E-state index >= 15 is 0 Å². The van der Waals surface area contributed by atoms with Crippen LogP contribution in [0, 0.1) is 17.3 Å². The van der Waals surface area contributed by atoms with E-state index in [4.69, 9.17) is 4.74 Å². The molecule has 6 nitrogen and oxygen atoms in total. The van der Waals surface area contributed by atoms with Gasteiger partial charge in [0.2, 0.25) is 0 Å². The minimum atomic E-state index is 0.123. The maximum absolute atomic E-state index is 12.8. The van der Waals surface area contributed by atoms with Gasteiger partial charge in [-0.05, 0) is 31.7 Å². The Hall–Kier alpha value is -1.40. The predicted molar refractivity (Wildman–Crippen MR) is 95.3 cm³/mol. The van der Waals surface area contributed by atoms with Crippen molar-refractivity contribution in [1.82, 2.24) is 19.6 Å². The van der Waals surface area contributed by atoms with Crippen molar-refractivity contribution >= 4 is 5.91 Å². The molecule has 3 heterocycles. The minimum Gasteiger partial charge on any atom is -0.381 e. The summed E-state index contributed by atoms with van der Waals surface area (Å²) in [4.78, 5) is 17.4. The third kappa shape index (κ3) is 3.47. The zero-order valence-electron chi connectivity index (χ0n) is 15.5. The molecule has 2 atom stereocenters. The molecule has 0 bridgehead atoms. The Morgan fingerprint density at radius 3 is 2.88 bits per heavy atom. The van der Waals surface area contributed by atoms with Crippen molar-refractivity contribution in [2.45, 2.75) is 26.2 Å². The first-order chi connectivity index (χ1) is 12.1. The summed E-state index contributed by atoms with van der Waals surface area (Å²) in [6, 6.07) is 0. The second kappa shape index (κ2) is 6.72. The van der Waals surface area contributed by atoms with Crippen LogP contribution in [0.5, 0.6) is 0 Å². The zero-order chi connectivity index (χ0) is 17.4. The normalized spacial score (nSPS) is 29.8. The maximum Gasteiger partial charge on any atom is 0.257 e. The summed E-state index contributed by atoms with van der Waals surface area (Å²) in [5.41, 5.74) is 0.906. The lowest BCUT2D eigenvalue weighted by Gasteiger charge is -2.30. The summed E-state index contributed by atoms with van der Waals surface area (Å²) in [6.07, 6.45) is 7.26. The largest absolute Gasteiger partial charge is 0.381 e. The number of nitrogens with zero attached hydrogens (tertiary/aromatic N) is 4. The topological polar surface area (TPSA) is 50.6 Å². The number of amides is 1. The first-order valence-electron chi connectivity index (χ1n) is 9.67. The summed E-state index contributed by atoms with van der Waals surface area (Å²) in [5, 5.41) is 4.14. The molecular weight excluding hydrogens is 316 g/mol. The molecule has 0 N–H and O–H groups in total. The first-order valence-corrected chi connectivity index (χ1v) is 9.67. The van der Waals surface area contributed by atoms with Crippen molar-refractivity contribution in [3.63, 3.8) is 0 Å². The Labute approximate surface area is 150 Å². The highest BCUT2D eigenvalue weighted by Gasteiger charge is 2.51. The second-order valence-corrected chi connectivity index (χ2v) is 8.25. The second-order valence-electron chi connectivity index (χ2n) is 8.25. The van der Waals surface area contributed by atoms with Crippen molar-refractivity contribution in [2.24, 2.45) is 24.3 Å². The van der Waals surface area contributed by atoms with Crippen LogP contribution in [0.2, 0.25) is 0 Å². The highest BCUT2D eigenvalue weighted by molar-refractivity contribution is 5.94. The average molecular weight is 346 g/mol. The third-order valence-corrected chi connectivity index (χ3v) is 6.32. The van der Waals surface area contributed by atoms with E-state index in [0.717, 1.165) is 58.3 Å². The Balaban J connectivity index is 1.42. The van der Waals surface area contributed by atoms with Crippen LogP contribution in [0.25, 0.3) is 0 Å². The number of aryl methyl sites for hydroxylation is 1. The van der Waals surface area contributed by atoms with E-state index < -0.39 is 0 Å². The van der Waals surface area contributed by atoms with Crippen LogP contribution < -0.4 is 0 Å². The van der Waals surface area contributed by atoms with E-state index in [-0.39, 0.29) is 11.3 Å². The van der Waals surface area contributed by atoms with Gasteiger partial charge in [0.25, 0.3) is 5.91 Å². The predicted octanol–water partition coefficient (Wildman–Crippen LogP) is 1.63. The molecule has 0 unspecified atom stereocenters. The maximum atomic E-state index is 12.8. The molecule has 0 radical (unpaired) electrons. The molecular formula is C19H30N4O2. The number of likely N-dealkylation sites (tertiary alicyclic amines) is 2. The van der Waals surface area contributed by atoms with Crippen LogP contribution in [0.3, 0.4) is 0 Å². The van der Waals surface area contributed by atoms with Crippen molar-refractivity contribution in [3.8, 4) is 0 Å². The van der Waals surface area contributed by atoms with E-state index in [1.54, 1.807) is 10.9 Å². The number of carbonyl (C=O) groups excluding carboxylic acids is 1. The first kappa shape index (κ1) is 17.0. The van der Waals surface area contributed by atoms with Gasteiger partial charge in [0.1, 0.15) is 0 Å². The van der Waals surface area contributed by atoms with Crippen LogP contribution >= 0.6 is 0 Å². The van der Waals surface area contributed by atoms with Crippen LogP contribution in [0.4, 0.5) is 0 Å². The van der Waals surface area contributed by atoms with Gasteiger partial charge in [0.05, 0.1) is 18.4 Å². The summed E-state index contributed by atoms with van der Waals surface area (Å²) in [6.45, 7) is 9.00. The molecule has 0 aromatic carbocycles. The number of hydrogen-bond acceptors (Lipinski definition) is 4. The van der Waals surface area contributed by atoms with Crippen molar-refractivity contribution < 1.29 is 9.53 Å². The van der Waals surface area contributed by atoms with E-state index in [9.17, 15) is 4.79 Å². The summed E-state index contributed by atoms with van der Waals surface area (Å²) in [7, 11) is 1.85. The van der Waals surface area contributed by atoms with Gasteiger partial charge < -0.3 is 14.5 Å². The lowest BCUT2D eigenvalue weighted by atomic mass is 9.77. The Morgan fingerprint density at radius 1 is 1.36 bits per heavy atom. The summed E-state index contributed by atoms with van der Waals surface area (Å²) in [5.74, 6) is 1.47. The van der Waals surface area contributed by atoms with E-state index in [0.29, 0.717) is 11.5 Å². The Morgan fingerprint density at radius 2 is 2.20 bits per heavy atom. The van der Waals surface area contributed by atoms with E-state index in [2.05, 4.69) is 16.9 Å². The van der Waals surface area contributed by atoms with E-state index in [1.165, 1.54) is 12.8 Å². The highest BCUT2D eigenvalue weighted by Crippen LogP contribution is 2.44. The lowest BCUT2D eigenvalue weighted by Crippen LogP contribution is -2.38. The average Bonchev–Trinajstić information content (AvgIpc) is 3.03. The van der Waals surface area contributed by atoms with Gasteiger partial charge in [0, 0.05) is 57.4 Å².